The van der Waals surface area contributed by atoms with Crippen molar-refractivity contribution in [3.05, 3.63) is 34.9 Å². The molecule has 25 heavy (non-hydrogen) atoms. The smallest absolute Gasteiger partial charge is 0.312 e. The summed E-state index contributed by atoms with van der Waals surface area (Å²) < 4.78 is 0.997. The van der Waals surface area contributed by atoms with Crippen molar-refractivity contribution in [2.24, 2.45) is 0 Å². The number of hydrogen-bond donors (Lipinski definition) is 1. The predicted octanol–water partition coefficient (Wildman–Crippen LogP) is 2.17. The normalized spacial score (nSPS) is 14.9. The van der Waals surface area contributed by atoms with Gasteiger partial charge in [0, 0.05) is 54.0 Å². The molecule has 1 aromatic heterocycles. The first-order chi connectivity index (χ1) is 12.0. The van der Waals surface area contributed by atoms with Crippen LogP contribution in [-0.4, -0.2) is 53.9 Å². The van der Waals surface area contributed by atoms with Crippen LogP contribution in [0.4, 0.5) is 5.69 Å². The molecule has 7 heteroatoms. The number of nitrogens with one attached hydrogen (secondary N) is 1. The van der Waals surface area contributed by atoms with Gasteiger partial charge in [0.05, 0.1) is 5.52 Å². The first-order valence-corrected chi connectivity index (χ1v) is 9.14. The average molecular weight is 405 g/mol. The van der Waals surface area contributed by atoms with E-state index in [1.807, 2.05) is 32.0 Å². The zero-order valence-corrected chi connectivity index (χ0v) is 15.9. The van der Waals surface area contributed by atoms with Gasteiger partial charge >= 0.3 is 11.8 Å². The van der Waals surface area contributed by atoms with E-state index in [0.717, 1.165) is 21.1 Å². The Morgan fingerprint density at radius 3 is 2.56 bits per heavy atom. The Morgan fingerprint density at radius 1 is 1.16 bits per heavy atom. The Kier molecular flexibility index (Phi) is 5.22. The maximum absolute atomic E-state index is 12.2. The van der Waals surface area contributed by atoms with Crippen molar-refractivity contribution in [2.45, 2.75) is 19.9 Å². The van der Waals surface area contributed by atoms with Gasteiger partial charge < -0.3 is 15.1 Å². The molecule has 3 rings (SSSR count). The molecule has 0 unspecified atom stereocenters. The van der Waals surface area contributed by atoms with Crippen molar-refractivity contribution in [1.82, 2.24) is 15.2 Å². The zero-order chi connectivity index (χ0) is 18.0. The number of anilines is 1. The molecule has 1 saturated heterocycles. The summed E-state index contributed by atoms with van der Waals surface area (Å²) in [6.45, 7) is 6.13. The molecule has 0 atom stereocenters. The summed E-state index contributed by atoms with van der Waals surface area (Å²) in [5.74, 6) is -0.973. The van der Waals surface area contributed by atoms with E-state index in [0.29, 0.717) is 26.2 Å². The monoisotopic (exact) mass is 404 g/mol. The molecule has 1 fully saturated rings. The van der Waals surface area contributed by atoms with Gasteiger partial charge in [-0.25, -0.2) is 0 Å². The third-order valence-corrected chi connectivity index (χ3v) is 4.70. The van der Waals surface area contributed by atoms with Gasteiger partial charge in [-0.3, -0.25) is 14.6 Å². The maximum atomic E-state index is 12.2. The lowest BCUT2D eigenvalue weighted by Crippen LogP contribution is -2.53. The summed E-state index contributed by atoms with van der Waals surface area (Å²) in [6.07, 6.45) is 1.80. The Labute approximate surface area is 155 Å². The van der Waals surface area contributed by atoms with E-state index in [4.69, 9.17) is 0 Å². The van der Waals surface area contributed by atoms with Crippen LogP contribution >= 0.6 is 15.9 Å². The lowest BCUT2D eigenvalue weighted by molar-refractivity contribution is -0.146. The second-order valence-corrected chi connectivity index (χ2v) is 7.31. The molecule has 0 aliphatic carbocycles. The van der Waals surface area contributed by atoms with Crippen molar-refractivity contribution in [3.63, 3.8) is 0 Å². The largest absolute Gasteiger partial charge is 0.367 e. The molecule has 0 radical (unpaired) electrons. The average Bonchev–Trinajstić information content (AvgIpc) is 2.60. The van der Waals surface area contributed by atoms with Crippen LogP contribution in [0, 0.1) is 0 Å². The van der Waals surface area contributed by atoms with Crippen LogP contribution in [0.5, 0.6) is 0 Å². The van der Waals surface area contributed by atoms with Crippen LogP contribution in [0.15, 0.2) is 34.9 Å². The van der Waals surface area contributed by atoms with E-state index in [-0.39, 0.29) is 6.04 Å². The van der Waals surface area contributed by atoms with Gasteiger partial charge in [-0.05, 0) is 38.1 Å². The highest BCUT2D eigenvalue weighted by atomic mass is 79.9. The highest BCUT2D eigenvalue weighted by Gasteiger charge is 2.26. The molecule has 2 heterocycles. The van der Waals surface area contributed by atoms with Crippen molar-refractivity contribution in [1.29, 1.82) is 0 Å². The van der Waals surface area contributed by atoms with E-state index in [2.05, 4.69) is 37.2 Å². The van der Waals surface area contributed by atoms with Crippen LogP contribution in [0.3, 0.4) is 0 Å². The maximum Gasteiger partial charge on any atom is 0.312 e. The SMILES string of the molecule is CC(C)NC(=O)C(=O)N1CCN(c2ccnc3cc(Br)ccc23)CC1. The number of amides is 2. The van der Waals surface area contributed by atoms with Crippen molar-refractivity contribution in [3.8, 4) is 0 Å². The van der Waals surface area contributed by atoms with Gasteiger partial charge in [0.1, 0.15) is 0 Å². The lowest BCUT2D eigenvalue weighted by atomic mass is 10.1. The summed E-state index contributed by atoms with van der Waals surface area (Å²) in [5, 5.41) is 3.74. The van der Waals surface area contributed by atoms with Crippen LogP contribution in [0.1, 0.15) is 13.8 Å². The van der Waals surface area contributed by atoms with Crippen LogP contribution in [0.2, 0.25) is 0 Å². The molecular formula is C18H21BrN4O2. The third-order valence-electron chi connectivity index (χ3n) is 4.20. The molecule has 6 nitrogen and oxygen atoms in total. The summed E-state index contributed by atoms with van der Waals surface area (Å²) in [5.41, 5.74) is 2.04. The molecule has 132 valence electrons. The molecule has 1 N–H and O–H groups in total. The number of halogens is 1. The van der Waals surface area contributed by atoms with E-state index in [1.165, 1.54) is 0 Å². The molecule has 0 spiro atoms. The number of hydrogen-bond acceptors (Lipinski definition) is 4. The van der Waals surface area contributed by atoms with Gasteiger partial charge in [-0.2, -0.15) is 0 Å². The highest BCUT2D eigenvalue weighted by molar-refractivity contribution is 9.10. The molecule has 1 aliphatic rings. The Morgan fingerprint density at radius 2 is 1.88 bits per heavy atom. The molecule has 0 bridgehead atoms. The van der Waals surface area contributed by atoms with Gasteiger partial charge in [-0.15, -0.1) is 0 Å². The van der Waals surface area contributed by atoms with Gasteiger partial charge in [0.25, 0.3) is 0 Å². The number of piperazine rings is 1. The number of fused-ring (bicyclic) bond motifs is 1. The quantitative estimate of drug-likeness (QED) is 0.778. The number of benzene rings is 1. The summed E-state index contributed by atoms with van der Waals surface area (Å²) >= 11 is 3.47. The summed E-state index contributed by atoms with van der Waals surface area (Å²) in [6, 6.07) is 8.01. The fourth-order valence-corrected chi connectivity index (χ4v) is 3.35. The molecule has 1 aliphatic heterocycles. The first-order valence-electron chi connectivity index (χ1n) is 8.34. The minimum atomic E-state index is -0.525. The predicted molar refractivity (Wildman–Crippen MR) is 102 cm³/mol. The van der Waals surface area contributed by atoms with E-state index in [9.17, 15) is 9.59 Å². The Bertz CT molecular complexity index is 801. The second kappa shape index (κ2) is 7.39. The van der Waals surface area contributed by atoms with Crippen LogP contribution in [0.25, 0.3) is 10.9 Å². The van der Waals surface area contributed by atoms with Gasteiger partial charge in [0.15, 0.2) is 0 Å². The number of rotatable bonds is 2. The second-order valence-electron chi connectivity index (χ2n) is 6.40. The van der Waals surface area contributed by atoms with Gasteiger partial charge in [0.2, 0.25) is 0 Å². The van der Waals surface area contributed by atoms with E-state index < -0.39 is 11.8 Å². The molecule has 2 aromatic rings. The summed E-state index contributed by atoms with van der Waals surface area (Å²) in [4.78, 5) is 32.4. The first kappa shape index (κ1) is 17.7. The van der Waals surface area contributed by atoms with Gasteiger partial charge in [-0.1, -0.05) is 15.9 Å². The fraction of sp³-hybridized carbons (Fsp3) is 0.389. The highest BCUT2D eigenvalue weighted by Crippen LogP contribution is 2.28. The number of carbonyl (C=O) groups is 2. The Balaban J connectivity index is 1.71. The fourth-order valence-electron chi connectivity index (χ4n) is 3.00. The van der Waals surface area contributed by atoms with Crippen LogP contribution < -0.4 is 10.2 Å². The topological polar surface area (TPSA) is 65.5 Å². The standard InChI is InChI=1S/C18H21BrN4O2/c1-12(2)21-17(24)18(25)23-9-7-22(8-10-23)16-5-6-20-15-11-13(19)3-4-14(15)16/h3-6,11-12H,7-10H2,1-2H3,(H,21,24). The third kappa shape index (κ3) is 3.92. The lowest BCUT2D eigenvalue weighted by Gasteiger charge is -2.36. The number of aromatic nitrogens is 1. The van der Waals surface area contributed by atoms with E-state index in [1.54, 1.807) is 11.1 Å². The minimum Gasteiger partial charge on any atom is -0.367 e. The molecule has 2 amide bonds. The van der Waals surface area contributed by atoms with Crippen molar-refractivity contribution in [2.75, 3.05) is 31.1 Å². The van der Waals surface area contributed by atoms with Crippen molar-refractivity contribution < 1.29 is 9.59 Å². The molecule has 1 aromatic carbocycles. The Hall–Kier alpha value is -2.15. The number of nitrogens with zero attached hydrogens (tertiary/aromatic N) is 3. The molecule has 0 saturated carbocycles. The number of pyridine rings is 1. The molecular weight excluding hydrogens is 384 g/mol. The number of carbonyl (C=O) groups excluding carboxylic acids is 2. The summed E-state index contributed by atoms with van der Waals surface area (Å²) in [7, 11) is 0. The van der Waals surface area contributed by atoms with Crippen molar-refractivity contribution >= 4 is 44.3 Å². The minimum absolute atomic E-state index is 0.0414. The van der Waals surface area contributed by atoms with Crippen LogP contribution in [-0.2, 0) is 9.59 Å². The van der Waals surface area contributed by atoms with E-state index >= 15 is 0 Å². The zero-order valence-electron chi connectivity index (χ0n) is 14.3.